The molecule has 3 rings (SSSR count). The highest BCUT2D eigenvalue weighted by Gasteiger charge is 2.33. The van der Waals surface area contributed by atoms with Crippen molar-refractivity contribution in [3.63, 3.8) is 0 Å². The van der Waals surface area contributed by atoms with Crippen molar-refractivity contribution < 1.29 is 9.53 Å². The maximum atomic E-state index is 13.3. The molecule has 0 aromatic carbocycles. The van der Waals surface area contributed by atoms with Crippen LogP contribution in [0.25, 0.3) is 6.08 Å². The zero-order valence-electron chi connectivity index (χ0n) is 22.5. The van der Waals surface area contributed by atoms with Gasteiger partial charge in [-0.05, 0) is 25.0 Å². The van der Waals surface area contributed by atoms with Crippen molar-refractivity contribution >= 4 is 46.1 Å². The van der Waals surface area contributed by atoms with Crippen molar-refractivity contribution in [3.8, 4) is 6.07 Å². The molecule has 37 heavy (non-hydrogen) atoms. The van der Waals surface area contributed by atoms with Crippen molar-refractivity contribution in [2.24, 2.45) is 7.05 Å². The van der Waals surface area contributed by atoms with Crippen LogP contribution in [-0.2, 0) is 16.6 Å². The Labute approximate surface area is 230 Å². The average molecular weight is 545 g/mol. The van der Waals surface area contributed by atoms with Crippen LogP contribution in [0.15, 0.2) is 9.70 Å². The van der Waals surface area contributed by atoms with Crippen LogP contribution in [0, 0.1) is 18.3 Å². The van der Waals surface area contributed by atoms with Crippen molar-refractivity contribution in [2.45, 2.75) is 78.1 Å². The molecule has 7 nitrogen and oxygen atoms in total. The van der Waals surface area contributed by atoms with Crippen molar-refractivity contribution in [3.05, 3.63) is 31.9 Å². The Morgan fingerprint density at radius 1 is 1.03 bits per heavy atom. The van der Waals surface area contributed by atoms with E-state index in [0.717, 1.165) is 18.4 Å². The predicted molar refractivity (Wildman–Crippen MR) is 156 cm³/mol. The average Bonchev–Trinajstić information content (AvgIpc) is 3.16. The molecule has 0 bridgehead atoms. The van der Waals surface area contributed by atoms with Gasteiger partial charge in [-0.3, -0.25) is 19.1 Å². The summed E-state index contributed by atoms with van der Waals surface area (Å²) in [6, 6.07) is 2.06. The summed E-state index contributed by atoms with van der Waals surface area (Å²) >= 11 is 6.86. The van der Waals surface area contributed by atoms with E-state index in [4.69, 9.17) is 17.0 Å². The molecule has 2 saturated heterocycles. The van der Waals surface area contributed by atoms with E-state index < -0.39 is 0 Å². The van der Waals surface area contributed by atoms with Gasteiger partial charge in [0.25, 0.3) is 11.5 Å². The van der Waals surface area contributed by atoms with Crippen LogP contribution in [-0.4, -0.2) is 52.5 Å². The third-order valence-corrected chi connectivity index (χ3v) is 8.54. The van der Waals surface area contributed by atoms with E-state index in [1.807, 2.05) is 6.08 Å². The number of ether oxygens (including phenoxy) is 1. The minimum absolute atomic E-state index is 0.0920. The van der Waals surface area contributed by atoms with Crippen molar-refractivity contribution in [2.75, 3.05) is 37.7 Å². The van der Waals surface area contributed by atoms with Crippen molar-refractivity contribution in [1.82, 2.24) is 9.47 Å². The molecule has 1 aromatic heterocycles. The number of anilines is 1. The monoisotopic (exact) mass is 544 g/mol. The van der Waals surface area contributed by atoms with E-state index in [1.165, 1.54) is 67.7 Å². The summed E-state index contributed by atoms with van der Waals surface area (Å²) in [5.74, 6) is 0.621. The Bertz CT molecular complexity index is 1100. The molecule has 0 unspecified atom stereocenters. The number of thioether (sulfide) groups is 1. The summed E-state index contributed by atoms with van der Waals surface area (Å²) < 4.78 is 7.59. The van der Waals surface area contributed by atoms with Gasteiger partial charge in [0.05, 0.1) is 18.1 Å². The fraction of sp³-hybridized carbons (Fsp3) is 0.643. The lowest BCUT2D eigenvalue weighted by Crippen LogP contribution is -2.40. The summed E-state index contributed by atoms with van der Waals surface area (Å²) in [5, 5.41) is 9.65. The second kappa shape index (κ2) is 14.7. The lowest BCUT2D eigenvalue weighted by molar-refractivity contribution is -0.122. The third kappa shape index (κ3) is 7.46. The molecule has 202 valence electrons. The molecular formula is C28H40N4O3S2. The van der Waals surface area contributed by atoms with Gasteiger partial charge in [0.2, 0.25) is 0 Å². The highest BCUT2D eigenvalue weighted by atomic mass is 32.2. The molecule has 0 saturated carbocycles. The normalized spacial score (nSPS) is 17.2. The smallest absolute Gasteiger partial charge is 0.270 e. The number of hydrogen-bond donors (Lipinski definition) is 0. The van der Waals surface area contributed by atoms with Crippen LogP contribution in [0.4, 0.5) is 5.82 Å². The largest absolute Gasteiger partial charge is 0.378 e. The highest BCUT2D eigenvalue weighted by molar-refractivity contribution is 8.26. The second-order valence-corrected chi connectivity index (χ2v) is 11.5. The Balaban J connectivity index is 1.68. The van der Waals surface area contributed by atoms with Crippen LogP contribution in [0.1, 0.15) is 87.8 Å². The number of nitriles is 1. The molecule has 0 spiro atoms. The van der Waals surface area contributed by atoms with Crippen molar-refractivity contribution in [1.29, 1.82) is 5.26 Å². The summed E-state index contributed by atoms with van der Waals surface area (Å²) in [4.78, 5) is 30.5. The summed E-state index contributed by atoms with van der Waals surface area (Å²) in [6.07, 6.45) is 14.2. The molecule has 0 aliphatic carbocycles. The van der Waals surface area contributed by atoms with E-state index in [-0.39, 0.29) is 17.0 Å². The number of amides is 1. The third-order valence-electron chi connectivity index (χ3n) is 7.16. The van der Waals surface area contributed by atoms with Crippen LogP contribution < -0.4 is 10.5 Å². The van der Waals surface area contributed by atoms with Gasteiger partial charge in [-0.15, -0.1) is 0 Å². The number of hydrogen-bond acceptors (Lipinski definition) is 7. The molecule has 0 N–H and O–H groups in total. The lowest BCUT2D eigenvalue weighted by atomic mass is 10.0. The van der Waals surface area contributed by atoms with Gasteiger partial charge in [0.1, 0.15) is 21.8 Å². The standard InChI is InChI=1S/C28H40N4O3S2/c1-4-5-6-7-8-9-10-11-12-13-14-32-27(34)24(37-28(32)36)19-22-21(2)23(20-29)26(33)30(3)25(22)31-15-17-35-18-16-31/h19H,4-18H2,1-3H3. The van der Waals surface area contributed by atoms with E-state index in [2.05, 4.69) is 17.9 Å². The maximum Gasteiger partial charge on any atom is 0.270 e. The fourth-order valence-corrected chi connectivity index (χ4v) is 6.24. The first-order valence-corrected chi connectivity index (χ1v) is 14.8. The number of carbonyl (C=O) groups is 1. The summed E-state index contributed by atoms with van der Waals surface area (Å²) in [5.41, 5.74) is 1.09. The van der Waals surface area contributed by atoms with Gasteiger partial charge in [-0.25, -0.2) is 0 Å². The van der Waals surface area contributed by atoms with E-state index >= 15 is 0 Å². The Morgan fingerprint density at radius 3 is 2.22 bits per heavy atom. The molecule has 0 atom stereocenters. The molecule has 2 fully saturated rings. The van der Waals surface area contributed by atoms with Gasteiger partial charge in [-0.2, -0.15) is 5.26 Å². The predicted octanol–water partition coefficient (Wildman–Crippen LogP) is 5.52. The van der Waals surface area contributed by atoms with Crippen LogP contribution in [0.3, 0.4) is 0 Å². The fourth-order valence-electron chi connectivity index (χ4n) is 4.95. The topological polar surface area (TPSA) is 78.6 Å². The Morgan fingerprint density at radius 2 is 1.62 bits per heavy atom. The van der Waals surface area contributed by atoms with Crippen LogP contribution in [0.2, 0.25) is 0 Å². The number of nitrogens with zero attached hydrogens (tertiary/aromatic N) is 4. The lowest BCUT2D eigenvalue weighted by Gasteiger charge is -2.32. The van der Waals surface area contributed by atoms with Gasteiger partial charge in [0.15, 0.2) is 0 Å². The number of thiocarbonyl (C=S) groups is 1. The number of morpholine rings is 1. The van der Waals surface area contributed by atoms with E-state index in [0.29, 0.717) is 53.5 Å². The van der Waals surface area contributed by atoms with Crippen LogP contribution >= 0.6 is 24.0 Å². The summed E-state index contributed by atoms with van der Waals surface area (Å²) in [7, 11) is 1.68. The minimum Gasteiger partial charge on any atom is -0.378 e. The number of rotatable bonds is 13. The summed E-state index contributed by atoms with van der Waals surface area (Å²) in [6.45, 7) is 7.05. The van der Waals surface area contributed by atoms with E-state index in [9.17, 15) is 14.9 Å². The molecule has 1 aromatic rings. The zero-order valence-corrected chi connectivity index (χ0v) is 24.1. The maximum absolute atomic E-state index is 13.3. The number of unbranched alkanes of at least 4 members (excludes halogenated alkanes) is 9. The van der Waals surface area contributed by atoms with Gasteiger partial charge in [-0.1, -0.05) is 88.7 Å². The Hall–Kier alpha value is -2.15. The first kappa shape index (κ1) is 29.4. The molecular weight excluding hydrogens is 504 g/mol. The number of carbonyl (C=O) groups excluding carboxylic acids is 1. The Kier molecular flexibility index (Phi) is 11.7. The quantitative estimate of drug-likeness (QED) is 0.184. The molecule has 3 heterocycles. The molecule has 2 aliphatic heterocycles. The van der Waals surface area contributed by atoms with Gasteiger partial charge in [0, 0.05) is 32.2 Å². The number of pyridine rings is 1. The van der Waals surface area contributed by atoms with Crippen LogP contribution in [0.5, 0.6) is 0 Å². The molecule has 1 amide bonds. The second-order valence-electron chi connectivity index (χ2n) is 9.83. The minimum atomic E-state index is -0.327. The van der Waals surface area contributed by atoms with Gasteiger partial charge >= 0.3 is 0 Å². The highest BCUT2D eigenvalue weighted by Crippen LogP contribution is 2.36. The first-order valence-electron chi connectivity index (χ1n) is 13.6. The number of aromatic nitrogens is 1. The molecule has 9 heteroatoms. The van der Waals surface area contributed by atoms with Gasteiger partial charge < -0.3 is 9.64 Å². The molecule has 2 aliphatic rings. The SMILES string of the molecule is CCCCCCCCCCCCN1C(=O)C(=Cc2c(C)c(C#N)c(=O)n(C)c2N2CCOCC2)SC1=S. The van der Waals surface area contributed by atoms with E-state index in [1.54, 1.807) is 18.9 Å². The first-order chi connectivity index (χ1) is 17.9. The zero-order chi connectivity index (χ0) is 26.8. The molecule has 0 radical (unpaired) electrons.